The summed E-state index contributed by atoms with van der Waals surface area (Å²) >= 11 is 0. The van der Waals surface area contributed by atoms with Crippen LogP contribution in [0.2, 0.25) is 0 Å². The molecule has 0 spiro atoms. The number of ether oxygens (including phenoxy) is 3. The van der Waals surface area contributed by atoms with E-state index in [0.29, 0.717) is 5.41 Å². The van der Waals surface area contributed by atoms with Gasteiger partial charge in [0.25, 0.3) is 0 Å². The van der Waals surface area contributed by atoms with Crippen molar-refractivity contribution in [3.8, 4) is 11.5 Å². The molecule has 1 aliphatic carbocycles. The Morgan fingerprint density at radius 1 is 1.18 bits per heavy atom. The van der Waals surface area contributed by atoms with E-state index >= 15 is 0 Å². The van der Waals surface area contributed by atoms with E-state index in [1.807, 2.05) is 0 Å². The van der Waals surface area contributed by atoms with Gasteiger partial charge in [-0.1, -0.05) is 13.8 Å². The van der Waals surface area contributed by atoms with Gasteiger partial charge < -0.3 is 14.2 Å². The van der Waals surface area contributed by atoms with Gasteiger partial charge in [-0.25, -0.2) is 9.18 Å². The summed E-state index contributed by atoms with van der Waals surface area (Å²) in [5.74, 6) is -0.895. The predicted molar refractivity (Wildman–Crippen MR) is 81.0 cm³/mol. The summed E-state index contributed by atoms with van der Waals surface area (Å²) in [5.41, 5.74) is 0.479. The van der Waals surface area contributed by atoms with E-state index in [1.54, 1.807) is 0 Å². The number of methoxy groups -OCH3 is 2. The first-order chi connectivity index (χ1) is 10.4. The van der Waals surface area contributed by atoms with Crippen molar-refractivity contribution in [1.29, 1.82) is 0 Å². The van der Waals surface area contributed by atoms with E-state index in [9.17, 15) is 9.18 Å². The molecule has 1 saturated carbocycles. The van der Waals surface area contributed by atoms with E-state index in [0.717, 1.165) is 31.7 Å². The van der Waals surface area contributed by atoms with E-state index in [1.165, 1.54) is 20.3 Å². The van der Waals surface area contributed by atoms with Gasteiger partial charge in [0, 0.05) is 12.1 Å². The normalized spacial score (nSPS) is 17.9. The average Bonchev–Trinajstić information content (AvgIpc) is 2.50. The zero-order valence-electron chi connectivity index (χ0n) is 13.6. The van der Waals surface area contributed by atoms with Crippen molar-refractivity contribution in [3.63, 3.8) is 0 Å². The summed E-state index contributed by atoms with van der Waals surface area (Å²) in [6.45, 7) is 4.46. The van der Waals surface area contributed by atoms with Crippen molar-refractivity contribution < 1.29 is 23.4 Å². The molecule has 0 amide bonds. The molecule has 0 atom stereocenters. The van der Waals surface area contributed by atoms with Crippen molar-refractivity contribution in [2.45, 2.75) is 45.6 Å². The Kier molecular flexibility index (Phi) is 4.94. The van der Waals surface area contributed by atoms with Gasteiger partial charge in [-0.05, 0) is 31.1 Å². The lowest BCUT2D eigenvalue weighted by Crippen LogP contribution is -2.28. The fourth-order valence-electron chi connectivity index (χ4n) is 2.73. The van der Waals surface area contributed by atoms with Gasteiger partial charge in [0.05, 0.1) is 20.3 Å². The molecular formula is C17H23FO4. The van der Waals surface area contributed by atoms with E-state index < -0.39 is 11.8 Å². The Hall–Kier alpha value is -1.78. The molecule has 122 valence electrons. The molecule has 0 N–H and O–H groups in total. The van der Waals surface area contributed by atoms with E-state index in [4.69, 9.17) is 14.2 Å². The van der Waals surface area contributed by atoms with Gasteiger partial charge in [0.1, 0.15) is 11.3 Å². The van der Waals surface area contributed by atoms with Gasteiger partial charge in [0.15, 0.2) is 11.6 Å². The Morgan fingerprint density at radius 3 is 2.36 bits per heavy atom. The maximum absolute atomic E-state index is 14.1. The lowest BCUT2D eigenvalue weighted by Gasteiger charge is -2.34. The fraction of sp³-hybridized carbons (Fsp3) is 0.588. The molecule has 5 heteroatoms. The van der Waals surface area contributed by atoms with E-state index in [2.05, 4.69) is 13.8 Å². The minimum Gasteiger partial charge on any atom is -0.496 e. The molecule has 0 unspecified atom stereocenters. The second-order valence-electron chi connectivity index (χ2n) is 6.46. The molecule has 0 saturated heterocycles. The second kappa shape index (κ2) is 6.55. The first-order valence-corrected chi connectivity index (χ1v) is 7.49. The molecule has 0 bridgehead atoms. The van der Waals surface area contributed by atoms with Crippen molar-refractivity contribution in [2.75, 3.05) is 14.2 Å². The third-order valence-corrected chi connectivity index (χ3v) is 4.24. The topological polar surface area (TPSA) is 44.8 Å². The minimum atomic E-state index is -0.577. The molecule has 0 radical (unpaired) electrons. The lowest BCUT2D eigenvalue weighted by molar-refractivity contribution is 0.0594. The fourth-order valence-corrected chi connectivity index (χ4v) is 2.73. The second-order valence-corrected chi connectivity index (χ2v) is 6.46. The van der Waals surface area contributed by atoms with Crippen LogP contribution in [-0.4, -0.2) is 26.3 Å². The van der Waals surface area contributed by atoms with Crippen molar-refractivity contribution in [1.82, 2.24) is 0 Å². The number of hydrogen-bond donors (Lipinski definition) is 0. The summed E-state index contributed by atoms with van der Waals surface area (Å²) in [5, 5.41) is 0. The molecule has 2 rings (SSSR count). The van der Waals surface area contributed by atoms with Crippen LogP contribution in [0.4, 0.5) is 4.39 Å². The van der Waals surface area contributed by atoms with Crippen LogP contribution in [0.5, 0.6) is 11.5 Å². The summed E-state index contributed by atoms with van der Waals surface area (Å²) in [7, 11) is 2.65. The molecule has 0 aromatic heterocycles. The Balaban J connectivity index is 2.19. The van der Waals surface area contributed by atoms with Crippen LogP contribution in [0.3, 0.4) is 0 Å². The molecule has 0 aliphatic heterocycles. The largest absolute Gasteiger partial charge is 0.496 e. The number of hydrogen-bond acceptors (Lipinski definition) is 4. The Bertz CT molecular complexity index is 544. The van der Waals surface area contributed by atoms with Crippen LogP contribution in [-0.2, 0) is 4.74 Å². The zero-order chi connectivity index (χ0) is 16.3. The first-order valence-electron chi connectivity index (χ1n) is 7.49. The molecular weight excluding hydrogens is 287 g/mol. The number of halogens is 1. The third kappa shape index (κ3) is 3.70. The average molecular weight is 310 g/mol. The smallest absolute Gasteiger partial charge is 0.341 e. The van der Waals surface area contributed by atoms with E-state index in [-0.39, 0.29) is 23.2 Å². The maximum atomic E-state index is 14.1. The van der Waals surface area contributed by atoms with Gasteiger partial charge in [0.2, 0.25) is 0 Å². The predicted octanol–water partition coefficient (Wildman–Crippen LogP) is 3.97. The van der Waals surface area contributed by atoms with Crippen LogP contribution >= 0.6 is 0 Å². The van der Waals surface area contributed by atoms with Crippen LogP contribution in [0.1, 0.15) is 49.9 Å². The molecule has 1 fully saturated rings. The van der Waals surface area contributed by atoms with Crippen molar-refractivity contribution in [3.05, 3.63) is 23.5 Å². The van der Waals surface area contributed by atoms with Crippen LogP contribution in [0.25, 0.3) is 0 Å². The molecule has 1 aliphatic rings. The lowest BCUT2D eigenvalue weighted by atomic mass is 9.76. The number of esters is 1. The summed E-state index contributed by atoms with van der Waals surface area (Å²) < 4.78 is 29.6. The number of carbonyl (C=O) groups excluding carboxylic acids is 1. The SMILES string of the molecule is COC(=O)c1cc(OC2CCC(C)(C)CC2)c(F)cc1OC. The molecule has 22 heavy (non-hydrogen) atoms. The standard InChI is InChI=1S/C17H23FO4/c1-17(2)7-5-11(6-8-17)22-15-9-12(16(19)21-4)14(20-3)10-13(15)18/h9-11H,5-8H2,1-4H3. The Labute approximate surface area is 130 Å². The van der Waals surface area contributed by atoms with Gasteiger partial charge in [-0.3, -0.25) is 0 Å². The highest BCUT2D eigenvalue weighted by atomic mass is 19.1. The number of rotatable bonds is 4. The van der Waals surface area contributed by atoms with Gasteiger partial charge in [-0.15, -0.1) is 0 Å². The Morgan fingerprint density at radius 2 is 1.82 bits per heavy atom. The zero-order valence-corrected chi connectivity index (χ0v) is 13.6. The third-order valence-electron chi connectivity index (χ3n) is 4.24. The summed E-state index contributed by atoms with van der Waals surface area (Å²) in [6.07, 6.45) is 3.82. The van der Waals surface area contributed by atoms with Gasteiger partial charge in [-0.2, -0.15) is 0 Å². The monoisotopic (exact) mass is 310 g/mol. The highest BCUT2D eigenvalue weighted by Crippen LogP contribution is 2.37. The van der Waals surface area contributed by atoms with Crippen LogP contribution in [0.15, 0.2) is 12.1 Å². The van der Waals surface area contributed by atoms with Crippen LogP contribution < -0.4 is 9.47 Å². The van der Waals surface area contributed by atoms with Crippen LogP contribution in [0, 0.1) is 11.2 Å². The first kappa shape index (κ1) is 16.6. The molecule has 0 heterocycles. The highest BCUT2D eigenvalue weighted by molar-refractivity contribution is 5.93. The van der Waals surface area contributed by atoms with Crippen molar-refractivity contribution in [2.24, 2.45) is 5.41 Å². The number of carbonyl (C=O) groups is 1. The summed E-state index contributed by atoms with van der Waals surface area (Å²) in [6, 6.07) is 2.52. The minimum absolute atomic E-state index is 0.0265. The maximum Gasteiger partial charge on any atom is 0.341 e. The quantitative estimate of drug-likeness (QED) is 0.789. The molecule has 1 aromatic rings. The van der Waals surface area contributed by atoms with Crippen molar-refractivity contribution >= 4 is 5.97 Å². The summed E-state index contributed by atoms with van der Waals surface area (Å²) in [4.78, 5) is 11.8. The molecule has 4 nitrogen and oxygen atoms in total. The number of benzene rings is 1. The van der Waals surface area contributed by atoms with Gasteiger partial charge >= 0.3 is 5.97 Å². The highest BCUT2D eigenvalue weighted by Gasteiger charge is 2.29. The molecule has 1 aromatic carbocycles.